The van der Waals surface area contributed by atoms with E-state index in [0.717, 1.165) is 23.5 Å². The van der Waals surface area contributed by atoms with Gasteiger partial charge in [-0.05, 0) is 25.7 Å². The number of sulfonamides is 1. The van der Waals surface area contributed by atoms with Gasteiger partial charge in [-0.2, -0.15) is 0 Å². The average molecular weight is 330 g/mol. The lowest BCUT2D eigenvalue weighted by Crippen LogP contribution is -2.34. The monoisotopic (exact) mass is 330 g/mol. The Labute approximate surface area is 130 Å². The van der Waals surface area contributed by atoms with Gasteiger partial charge >= 0.3 is 0 Å². The van der Waals surface area contributed by atoms with Crippen molar-refractivity contribution in [3.8, 4) is 0 Å². The summed E-state index contributed by atoms with van der Waals surface area (Å²) in [6, 6.07) is 0. The number of fused-ring (bicyclic) bond motifs is 1. The van der Waals surface area contributed by atoms with Crippen molar-refractivity contribution in [2.24, 2.45) is 11.3 Å². The molecule has 0 N–H and O–H groups in total. The largest absolute Gasteiger partial charge is 0.374 e. The lowest BCUT2D eigenvalue weighted by molar-refractivity contribution is 0.0279. The van der Waals surface area contributed by atoms with E-state index in [9.17, 15) is 8.42 Å². The highest BCUT2D eigenvalue weighted by Crippen LogP contribution is 2.49. The molecule has 0 aromatic carbocycles. The molecule has 0 bridgehead atoms. The molecule has 7 heteroatoms. The van der Waals surface area contributed by atoms with E-state index >= 15 is 0 Å². The number of nitrogens with zero attached hydrogens (tertiary/aromatic N) is 2. The van der Waals surface area contributed by atoms with Gasteiger partial charge in [0.05, 0.1) is 30.2 Å². The van der Waals surface area contributed by atoms with E-state index in [-0.39, 0.29) is 5.41 Å². The van der Waals surface area contributed by atoms with Crippen LogP contribution in [0.1, 0.15) is 30.0 Å². The fourth-order valence-corrected chi connectivity index (χ4v) is 5.23. The van der Waals surface area contributed by atoms with Gasteiger partial charge in [0.25, 0.3) is 0 Å². The third-order valence-corrected chi connectivity index (χ3v) is 6.82. The summed E-state index contributed by atoms with van der Waals surface area (Å²) in [6.45, 7) is 4.43. The Balaban J connectivity index is 1.62. The summed E-state index contributed by atoms with van der Waals surface area (Å²) < 4.78 is 31.1. The van der Waals surface area contributed by atoms with Crippen LogP contribution in [0, 0.1) is 18.3 Å². The first-order valence-electron chi connectivity index (χ1n) is 7.33. The van der Waals surface area contributed by atoms with E-state index in [0.29, 0.717) is 32.2 Å². The van der Waals surface area contributed by atoms with Gasteiger partial charge in [0, 0.05) is 23.9 Å². The van der Waals surface area contributed by atoms with Crippen LogP contribution in [0.3, 0.4) is 0 Å². The van der Waals surface area contributed by atoms with Crippen LogP contribution in [0.15, 0.2) is 5.38 Å². The molecule has 2 heterocycles. The first-order chi connectivity index (χ1) is 9.89. The highest BCUT2D eigenvalue weighted by Gasteiger charge is 2.51. The fourth-order valence-electron chi connectivity index (χ4n) is 3.69. The summed E-state index contributed by atoms with van der Waals surface area (Å²) in [6.07, 6.45) is 4.67. The van der Waals surface area contributed by atoms with Crippen LogP contribution < -0.4 is 0 Å². The van der Waals surface area contributed by atoms with Gasteiger partial charge in [-0.15, -0.1) is 11.3 Å². The minimum Gasteiger partial charge on any atom is -0.374 e. The van der Waals surface area contributed by atoms with E-state index in [1.165, 1.54) is 12.7 Å². The third-order valence-electron chi connectivity index (χ3n) is 4.78. The van der Waals surface area contributed by atoms with Crippen LogP contribution in [-0.2, 0) is 21.4 Å². The van der Waals surface area contributed by atoms with Gasteiger partial charge in [-0.25, -0.2) is 17.7 Å². The molecule has 0 unspecified atom stereocenters. The number of ether oxygens (including phenoxy) is 1. The highest BCUT2D eigenvalue weighted by atomic mass is 32.2. The van der Waals surface area contributed by atoms with Gasteiger partial charge in [-0.1, -0.05) is 6.42 Å². The number of hydrogen-bond acceptors (Lipinski definition) is 5. The second-order valence-electron chi connectivity index (χ2n) is 6.36. The second kappa shape index (κ2) is 5.61. The van der Waals surface area contributed by atoms with Crippen molar-refractivity contribution in [2.45, 2.75) is 32.8 Å². The molecule has 3 rings (SSSR count). The van der Waals surface area contributed by atoms with Crippen LogP contribution in [0.25, 0.3) is 0 Å². The normalized spacial score (nSPS) is 29.9. The van der Waals surface area contributed by atoms with E-state index in [1.54, 1.807) is 15.6 Å². The Bertz CT molecular complexity index is 613. The summed E-state index contributed by atoms with van der Waals surface area (Å²) in [7, 11) is -3.09. The maximum atomic E-state index is 11.8. The molecule has 0 amide bonds. The average Bonchev–Trinajstić information content (AvgIpc) is 3.02. The zero-order chi connectivity index (χ0) is 15.1. The second-order valence-corrected chi connectivity index (χ2v) is 9.40. The molecule has 5 nitrogen and oxygen atoms in total. The van der Waals surface area contributed by atoms with Crippen molar-refractivity contribution in [1.29, 1.82) is 0 Å². The summed E-state index contributed by atoms with van der Waals surface area (Å²) in [5, 5.41) is 3.07. The number of aryl methyl sites for hydroxylation is 1. The van der Waals surface area contributed by atoms with Crippen LogP contribution in [0.5, 0.6) is 0 Å². The molecule has 2 atom stereocenters. The quantitative estimate of drug-likeness (QED) is 0.829. The third kappa shape index (κ3) is 3.16. The maximum absolute atomic E-state index is 11.8. The molecule has 1 saturated heterocycles. The predicted molar refractivity (Wildman–Crippen MR) is 82.7 cm³/mol. The van der Waals surface area contributed by atoms with Crippen LogP contribution in [-0.4, -0.2) is 43.7 Å². The Morgan fingerprint density at radius 2 is 2.38 bits per heavy atom. The van der Waals surface area contributed by atoms with Crippen molar-refractivity contribution < 1.29 is 13.2 Å². The van der Waals surface area contributed by atoms with Crippen molar-refractivity contribution in [1.82, 2.24) is 9.29 Å². The van der Waals surface area contributed by atoms with Crippen molar-refractivity contribution in [3.63, 3.8) is 0 Å². The summed E-state index contributed by atoms with van der Waals surface area (Å²) >= 11 is 1.63. The fraction of sp³-hybridized carbons (Fsp3) is 0.786. The molecule has 118 valence electrons. The number of aromatic nitrogens is 1. The maximum Gasteiger partial charge on any atom is 0.211 e. The molecule has 1 aromatic heterocycles. The zero-order valence-corrected chi connectivity index (χ0v) is 14.2. The van der Waals surface area contributed by atoms with Crippen molar-refractivity contribution >= 4 is 21.4 Å². The standard InChI is InChI=1S/C14H22N2O3S2/c1-11-15-13(8-20-11)7-19-10-14-5-3-4-12(14)6-16(9-14)21(2,17)18/h8,12H,3-7,9-10H2,1-2H3/t12-,14+/m1/s1. The van der Waals surface area contributed by atoms with E-state index in [2.05, 4.69) is 4.98 Å². The van der Waals surface area contributed by atoms with Gasteiger partial charge in [-0.3, -0.25) is 0 Å². The Morgan fingerprint density at radius 3 is 3.05 bits per heavy atom. The van der Waals surface area contributed by atoms with Crippen LogP contribution >= 0.6 is 11.3 Å². The smallest absolute Gasteiger partial charge is 0.211 e. The molecule has 2 aliphatic rings. The minimum atomic E-state index is -3.09. The van der Waals surface area contributed by atoms with Crippen molar-refractivity contribution in [2.75, 3.05) is 26.0 Å². The van der Waals surface area contributed by atoms with Gasteiger partial charge in [0.1, 0.15) is 0 Å². The lowest BCUT2D eigenvalue weighted by Gasteiger charge is -2.28. The Morgan fingerprint density at radius 1 is 1.57 bits per heavy atom. The Kier molecular flexibility index (Phi) is 4.11. The topological polar surface area (TPSA) is 59.5 Å². The number of rotatable bonds is 5. The number of hydrogen-bond donors (Lipinski definition) is 0. The SMILES string of the molecule is Cc1nc(COC[C@@]23CCC[C@@H]2CN(S(C)(=O)=O)C3)cs1. The Hall–Kier alpha value is -0.500. The molecule has 1 saturated carbocycles. The van der Waals surface area contributed by atoms with Gasteiger partial charge in [0.2, 0.25) is 10.0 Å². The molecular weight excluding hydrogens is 308 g/mol. The van der Waals surface area contributed by atoms with Gasteiger partial charge in [0.15, 0.2) is 0 Å². The minimum absolute atomic E-state index is 0.0220. The van der Waals surface area contributed by atoms with Gasteiger partial charge < -0.3 is 4.74 Å². The molecule has 1 aliphatic carbocycles. The van der Waals surface area contributed by atoms with E-state index in [1.807, 2.05) is 12.3 Å². The summed E-state index contributed by atoms with van der Waals surface area (Å²) in [5.74, 6) is 0.449. The summed E-state index contributed by atoms with van der Waals surface area (Å²) in [4.78, 5) is 4.40. The molecule has 21 heavy (non-hydrogen) atoms. The molecule has 1 aromatic rings. The zero-order valence-electron chi connectivity index (χ0n) is 12.5. The number of thiazole rings is 1. The summed E-state index contributed by atoms with van der Waals surface area (Å²) in [5.41, 5.74) is 0.996. The molecule has 1 aliphatic heterocycles. The molecule has 0 spiro atoms. The van der Waals surface area contributed by atoms with E-state index < -0.39 is 10.0 Å². The lowest BCUT2D eigenvalue weighted by atomic mass is 9.82. The van der Waals surface area contributed by atoms with E-state index in [4.69, 9.17) is 4.74 Å². The first kappa shape index (κ1) is 15.4. The van der Waals surface area contributed by atoms with Crippen LogP contribution in [0.2, 0.25) is 0 Å². The van der Waals surface area contributed by atoms with Crippen LogP contribution in [0.4, 0.5) is 0 Å². The predicted octanol–water partition coefficient (Wildman–Crippen LogP) is 2.03. The first-order valence-corrected chi connectivity index (χ1v) is 10.1. The molecular formula is C14H22N2O3S2. The molecule has 2 fully saturated rings. The molecule has 0 radical (unpaired) electrons. The van der Waals surface area contributed by atoms with Crippen molar-refractivity contribution in [3.05, 3.63) is 16.1 Å². The highest BCUT2D eigenvalue weighted by molar-refractivity contribution is 7.88.